The number of ether oxygens (including phenoxy) is 1. The minimum Gasteiger partial charge on any atom is -0.369 e. The van der Waals surface area contributed by atoms with Gasteiger partial charge in [0.15, 0.2) is 0 Å². The van der Waals surface area contributed by atoms with Gasteiger partial charge in [0, 0.05) is 55.2 Å². The molecule has 6 heteroatoms. The van der Waals surface area contributed by atoms with Crippen LogP contribution in [0.4, 0.5) is 0 Å². The van der Waals surface area contributed by atoms with Crippen LogP contribution in [0.2, 0.25) is 5.02 Å². The zero-order valence-corrected chi connectivity index (χ0v) is 15.4. The third-order valence-electron chi connectivity index (χ3n) is 4.59. The Kier molecular flexibility index (Phi) is 5.02. The highest BCUT2D eigenvalue weighted by Crippen LogP contribution is 2.26. The van der Waals surface area contributed by atoms with Crippen LogP contribution in [0.5, 0.6) is 0 Å². The van der Waals surface area contributed by atoms with Crippen molar-refractivity contribution < 1.29 is 4.74 Å². The summed E-state index contributed by atoms with van der Waals surface area (Å²) in [4.78, 5) is 7.03. The molecule has 0 bridgehead atoms. The number of pyridine rings is 1. The van der Waals surface area contributed by atoms with Gasteiger partial charge in [0.1, 0.15) is 6.10 Å². The van der Waals surface area contributed by atoms with Gasteiger partial charge in [-0.05, 0) is 23.8 Å². The van der Waals surface area contributed by atoms with E-state index < -0.39 is 0 Å². The van der Waals surface area contributed by atoms with E-state index >= 15 is 0 Å². The van der Waals surface area contributed by atoms with Crippen molar-refractivity contribution in [3.05, 3.63) is 71.3 Å². The van der Waals surface area contributed by atoms with E-state index in [2.05, 4.69) is 33.3 Å². The largest absolute Gasteiger partial charge is 0.369 e. The second kappa shape index (κ2) is 7.58. The summed E-state index contributed by atoms with van der Waals surface area (Å²) in [6.07, 6.45) is 5.86. The fourth-order valence-corrected chi connectivity index (χ4v) is 3.46. The van der Waals surface area contributed by atoms with Crippen LogP contribution in [0.15, 0.2) is 55.0 Å². The molecule has 26 heavy (non-hydrogen) atoms. The van der Waals surface area contributed by atoms with E-state index in [4.69, 9.17) is 16.3 Å². The van der Waals surface area contributed by atoms with E-state index in [0.29, 0.717) is 6.61 Å². The van der Waals surface area contributed by atoms with E-state index in [0.717, 1.165) is 41.5 Å². The number of aromatic nitrogens is 3. The first-order valence-corrected chi connectivity index (χ1v) is 9.08. The average molecular weight is 369 g/mol. The van der Waals surface area contributed by atoms with Gasteiger partial charge >= 0.3 is 0 Å². The van der Waals surface area contributed by atoms with Gasteiger partial charge in [0.25, 0.3) is 0 Å². The Balaban J connectivity index is 1.45. The zero-order valence-electron chi connectivity index (χ0n) is 14.7. The third kappa shape index (κ3) is 3.96. The summed E-state index contributed by atoms with van der Waals surface area (Å²) in [5.41, 5.74) is 4.31. The summed E-state index contributed by atoms with van der Waals surface area (Å²) in [7, 11) is 1.94. The van der Waals surface area contributed by atoms with E-state index in [-0.39, 0.29) is 6.10 Å². The van der Waals surface area contributed by atoms with Crippen LogP contribution in [-0.2, 0) is 18.3 Å². The molecule has 1 aliphatic rings. The molecule has 1 aromatic carbocycles. The number of halogens is 1. The van der Waals surface area contributed by atoms with Crippen molar-refractivity contribution in [2.75, 3.05) is 19.7 Å². The predicted molar refractivity (Wildman–Crippen MR) is 102 cm³/mol. The fourth-order valence-electron chi connectivity index (χ4n) is 3.27. The smallest absolute Gasteiger partial charge is 0.112 e. The second-order valence-corrected chi connectivity index (χ2v) is 7.04. The van der Waals surface area contributed by atoms with E-state index in [1.165, 1.54) is 5.56 Å². The zero-order chi connectivity index (χ0) is 17.9. The van der Waals surface area contributed by atoms with Crippen molar-refractivity contribution in [3.8, 4) is 11.1 Å². The molecule has 0 N–H and O–H groups in total. The first-order valence-electron chi connectivity index (χ1n) is 8.71. The van der Waals surface area contributed by atoms with Gasteiger partial charge in [-0.25, -0.2) is 0 Å². The van der Waals surface area contributed by atoms with E-state index in [9.17, 15) is 0 Å². The summed E-state index contributed by atoms with van der Waals surface area (Å²) in [5, 5.41) is 4.97. The number of morpholine rings is 1. The first-order chi connectivity index (χ1) is 12.7. The van der Waals surface area contributed by atoms with Crippen LogP contribution in [0.1, 0.15) is 17.4 Å². The van der Waals surface area contributed by atoms with Crippen molar-refractivity contribution in [3.63, 3.8) is 0 Å². The van der Waals surface area contributed by atoms with Gasteiger partial charge in [-0.3, -0.25) is 14.6 Å². The van der Waals surface area contributed by atoms with Crippen molar-refractivity contribution in [2.24, 2.45) is 7.05 Å². The highest BCUT2D eigenvalue weighted by atomic mass is 35.5. The van der Waals surface area contributed by atoms with Crippen LogP contribution < -0.4 is 0 Å². The molecule has 0 spiro atoms. The monoisotopic (exact) mass is 368 g/mol. The SMILES string of the molecule is Cn1cc(CN2CCOC(c3ccc(-c4cccc(Cl)c4)cn3)C2)cn1. The molecular formula is C20H21ClN4O. The van der Waals surface area contributed by atoms with Gasteiger partial charge in [0.2, 0.25) is 0 Å². The Labute approximate surface area is 158 Å². The molecule has 134 valence electrons. The average Bonchev–Trinajstić information content (AvgIpc) is 3.07. The molecule has 1 unspecified atom stereocenters. The summed E-state index contributed by atoms with van der Waals surface area (Å²) in [6, 6.07) is 11.9. The van der Waals surface area contributed by atoms with Crippen LogP contribution in [-0.4, -0.2) is 39.4 Å². The molecule has 0 aliphatic carbocycles. The number of aryl methyl sites for hydroxylation is 1. The molecule has 0 radical (unpaired) electrons. The maximum absolute atomic E-state index is 6.08. The van der Waals surface area contributed by atoms with Crippen LogP contribution in [0.25, 0.3) is 11.1 Å². The quantitative estimate of drug-likeness (QED) is 0.704. The lowest BCUT2D eigenvalue weighted by molar-refractivity contribution is -0.0349. The number of benzene rings is 1. The third-order valence-corrected chi connectivity index (χ3v) is 4.82. The highest BCUT2D eigenvalue weighted by molar-refractivity contribution is 6.30. The summed E-state index contributed by atoms with van der Waals surface area (Å²) in [5.74, 6) is 0. The molecule has 1 saturated heterocycles. The van der Waals surface area contributed by atoms with Crippen molar-refractivity contribution in [2.45, 2.75) is 12.6 Å². The fraction of sp³-hybridized carbons (Fsp3) is 0.300. The van der Waals surface area contributed by atoms with E-state index in [1.54, 1.807) is 0 Å². The normalized spacial score (nSPS) is 18.2. The summed E-state index contributed by atoms with van der Waals surface area (Å²) >= 11 is 6.08. The van der Waals surface area contributed by atoms with Crippen LogP contribution in [0.3, 0.4) is 0 Å². The molecule has 5 nitrogen and oxygen atoms in total. The molecule has 3 heterocycles. The van der Waals surface area contributed by atoms with Gasteiger partial charge in [-0.15, -0.1) is 0 Å². The molecule has 0 saturated carbocycles. The number of hydrogen-bond donors (Lipinski definition) is 0. The Morgan fingerprint density at radius 3 is 2.85 bits per heavy atom. The van der Waals surface area contributed by atoms with Crippen molar-refractivity contribution in [1.29, 1.82) is 0 Å². The lowest BCUT2D eigenvalue weighted by Gasteiger charge is -2.32. The molecule has 1 atom stereocenters. The summed E-state index contributed by atoms with van der Waals surface area (Å²) < 4.78 is 7.79. The highest BCUT2D eigenvalue weighted by Gasteiger charge is 2.23. The van der Waals surface area contributed by atoms with E-state index in [1.807, 2.05) is 48.4 Å². The molecule has 4 rings (SSSR count). The molecule has 1 fully saturated rings. The molecular weight excluding hydrogens is 348 g/mol. The van der Waals surface area contributed by atoms with Crippen molar-refractivity contribution >= 4 is 11.6 Å². The van der Waals surface area contributed by atoms with Gasteiger partial charge in [0.05, 0.1) is 18.5 Å². The Morgan fingerprint density at radius 1 is 1.19 bits per heavy atom. The predicted octanol–water partition coefficient (Wildman–Crippen LogP) is 3.71. The number of rotatable bonds is 4. The second-order valence-electron chi connectivity index (χ2n) is 6.60. The standard InChI is InChI=1S/C20H21ClN4O/c1-24-12-15(10-23-24)13-25-7-8-26-20(14-25)19-6-5-17(11-22-19)16-3-2-4-18(21)9-16/h2-6,9-12,20H,7-8,13-14H2,1H3. The summed E-state index contributed by atoms with van der Waals surface area (Å²) in [6.45, 7) is 3.35. The molecule has 0 amide bonds. The van der Waals surface area contributed by atoms with Gasteiger partial charge in [-0.2, -0.15) is 5.10 Å². The van der Waals surface area contributed by atoms with Crippen LogP contribution in [0, 0.1) is 0 Å². The minimum atomic E-state index is -0.00571. The Morgan fingerprint density at radius 2 is 2.12 bits per heavy atom. The number of nitrogens with zero attached hydrogens (tertiary/aromatic N) is 4. The van der Waals surface area contributed by atoms with Gasteiger partial charge < -0.3 is 4.74 Å². The van der Waals surface area contributed by atoms with Gasteiger partial charge in [-0.1, -0.05) is 29.8 Å². The molecule has 1 aliphatic heterocycles. The Bertz CT molecular complexity index is 878. The first kappa shape index (κ1) is 17.2. The lowest BCUT2D eigenvalue weighted by atomic mass is 10.1. The molecule has 2 aromatic heterocycles. The maximum Gasteiger partial charge on any atom is 0.112 e. The molecule has 3 aromatic rings. The van der Waals surface area contributed by atoms with Crippen molar-refractivity contribution in [1.82, 2.24) is 19.7 Å². The lowest BCUT2D eigenvalue weighted by Crippen LogP contribution is -2.38. The number of hydrogen-bond acceptors (Lipinski definition) is 4. The Hall–Kier alpha value is -2.21. The minimum absolute atomic E-state index is 0.00571. The maximum atomic E-state index is 6.08. The topological polar surface area (TPSA) is 43.2 Å². The van der Waals surface area contributed by atoms with Crippen LogP contribution >= 0.6 is 11.6 Å².